The molecule has 88 valence electrons. The molecule has 0 bridgehead atoms. The third kappa shape index (κ3) is 3.04. The van der Waals surface area contributed by atoms with Crippen LogP contribution in [0.5, 0.6) is 0 Å². The summed E-state index contributed by atoms with van der Waals surface area (Å²) in [6.07, 6.45) is 0. The molecule has 1 heterocycles. The lowest BCUT2D eigenvalue weighted by Gasteiger charge is -2.26. The van der Waals surface area contributed by atoms with E-state index in [-0.39, 0.29) is 6.04 Å². The molecule has 0 radical (unpaired) electrons. The summed E-state index contributed by atoms with van der Waals surface area (Å²) in [5.74, 6) is 0. The minimum absolute atomic E-state index is 0.123. The molecule has 3 nitrogen and oxygen atoms in total. The van der Waals surface area contributed by atoms with E-state index in [1.54, 1.807) is 0 Å². The highest BCUT2D eigenvalue weighted by Crippen LogP contribution is 2.12. The number of rotatable bonds is 3. The molecule has 0 aromatic heterocycles. The normalized spacial score (nSPS) is 19.6. The van der Waals surface area contributed by atoms with Crippen molar-refractivity contribution in [2.75, 3.05) is 26.3 Å². The molecule has 1 aliphatic heterocycles. The zero-order valence-corrected chi connectivity index (χ0v) is 9.86. The van der Waals surface area contributed by atoms with Gasteiger partial charge in [-0.1, -0.05) is 24.3 Å². The molecule has 1 aromatic carbocycles. The van der Waals surface area contributed by atoms with Crippen molar-refractivity contribution >= 4 is 0 Å². The second kappa shape index (κ2) is 5.43. The van der Waals surface area contributed by atoms with Crippen molar-refractivity contribution in [2.45, 2.75) is 19.5 Å². The van der Waals surface area contributed by atoms with Gasteiger partial charge in [0, 0.05) is 25.7 Å². The molecule has 3 heteroatoms. The molecule has 1 aliphatic rings. The van der Waals surface area contributed by atoms with Crippen LogP contribution in [0.2, 0.25) is 0 Å². The van der Waals surface area contributed by atoms with Crippen molar-refractivity contribution in [3.05, 3.63) is 35.4 Å². The molecule has 0 aliphatic carbocycles. The number of nitrogens with two attached hydrogens (primary N) is 1. The summed E-state index contributed by atoms with van der Waals surface area (Å²) in [4.78, 5) is 2.42. The zero-order valence-electron chi connectivity index (χ0n) is 9.86. The van der Waals surface area contributed by atoms with Gasteiger partial charge in [-0.3, -0.25) is 4.90 Å². The first-order valence-electron chi connectivity index (χ1n) is 5.90. The third-order valence-electron chi connectivity index (χ3n) is 3.02. The summed E-state index contributed by atoms with van der Waals surface area (Å²) in [6, 6.07) is 8.72. The Morgan fingerprint density at radius 2 is 1.88 bits per heavy atom. The summed E-state index contributed by atoms with van der Waals surface area (Å²) >= 11 is 0. The van der Waals surface area contributed by atoms with Crippen LogP contribution in [-0.4, -0.2) is 31.2 Å². The molecular formula is C13H20N2O. The van der Waals surface area contributed by atoms with E-state index < -0.39 is 0 Å². The molecule has 1 fully saturated rings. The molecular weight excluding hydrogens is 200 g/mol. The van der Waals surface area contributed by atoms with E-state index in [9.17, 15) is 0 Å². The molecule has 0 saturated carbocycles. The van der Waals surface area contributed by atoms with E-state index in [0.29, 0.717) is 0 Å². The fourth-order valence-electron chi connectivity index (χ4n) is 1.94. The van der Waals surface area contributed by atoms with Gasteiger partial charge in [0.2, 0.25) is 0 Å². The number of nitrogens with zero attached hydrogens (tertiary/aromatic N) is 1. The van der Waals surface area contributed by atoms with Crippen LogP contribution in [-0.2, 0) is 11.3 Å². The van der Waals surface area contributed by atoms with Gasteiger partial charge in [-0.2, -0.15) is 0 Å². The van der Waals surface area contributed by atoms with Crippen molar-refractivity contribution < 1.29 is 4.74 Å². The molecule has 2 N–H and O–H groups in total. The summed E-state index contributed by atoms with van der Waals surface area (Å²) in [6.45, 7) is 6.82. The fraction of sp³-hybridized carbons (Fsp3) is 0.538. The van der Waals surface area contributed by atoms with E-state index in [4.69, 9.17) is 10.5 Å². The SMILES string of the molecule is C[C@H](N)c1ccc(CN2CCOCC2)cc1. The van der Waals surface area contributed by atoms with Gasteiger partial charge < -0.3 is 10.5 Å². The van der Waals surface area contributed by atoms with Crippen LogP contribution in [0.3, 0.4) is 0 Å². The van der Waals surface area contributed by atoms with E-state index in [2.05, 4.69) is 29.2 Å². The molecule has 1 atom stereocenters. The Morgan fingerprint density at radius 3 is 2.44 bits per heavy atom. The maximum atomic E-state index is 5.82. The third-order valence-corrected chi connectivity index (χ3v) is 3.02. The van der Waals surface area contributed by atoms with Gasteiger partial charge in [-0.05, 0) is 18.1 Å². The van der Waals surface area contributed by atoms with E-state index in [1.807, 2.05) is 6.92 Å². The Hall–Kier alpha value is -0.900. The highest BCUT2D eigenvalue weighted by Gasteiger charge is 2.10. The van der Waals surface area contributed by atoms with Crippen LogP contribution < -0.4 is 5.73 Å². The van der Waals surface area contributed by atoms with Crippen molar-refractivity contribution in [3.63, 3.8) is 0 Å². The fourth-order valence-corrected chi connectivity index (χ4v) is 1.94. The van der Waals surface area contributed by atoms with Crippen LogP contribution >= 0.6 is 0 Å². The topological polar surface area (TPSA) is 38.5 Å². The number of morpholine rings is 1. The largest absolute Gasteiger partial charge is 0.379 e. The van der Waals surface area contributed by atoms with Crippen LogP contribution in [0, 0.1) is 0 Å². The second-order valence-corrected chi connectivity index (χ2v) is 4.42. The summed E-state index contributed by atoms with van der Waals surface area (Å²) < 4.78 is 5.33. The predicted octanol–water partition coefficient (Wildman–Crippen LogP) is 1.54. The minimum atomic E-state index is 0.123. The quantitative estimate of drug-likeness (QED) is 0.839. The summed E-state index contributed by atoms with van der Waals surface area (Å²) in [5.41, 5.74) is 8.37. The van der Waals surface area contributed by atoms with Crippen LogP contribution in [0.1, 0.15) is 24.1 Å². The smallest absolute Gasteiger partial charge is 0.0594 e. The van der Waals surface area contributed by atoms with Gasteiger partial charge in [0.1, 0.15) is 0 Å². The molecule has 16 heavy (non-hydrogen) atoms. The Morgan fingerprint density at radius 1 is 1.25 bits per heavy atom. The molecule has 2 rings (SSSR count). The first kappa shape index (κ1) is 11.6. The Kier molecular flexibility index (Phi) is 3.93. The Balaban J connectivity index is 1.93. The molecule has 0 amide bonds. The van der Waals surface area contributed by atoms with Crippen molar-refractivity contribution in [3.8, 4) is 0 Å². The van der Waals surface area contributed by atoms with Gasteiger partial charge in [0.25, 0.3) is 0 Å². The Bertz CT molecular complexity index is 315. The van der Waals surface area contributed by atoms with Gasteiger partial charge in [0.05, 0.1) is 13.2 Å². The highest BCUT2D eigenvalue weighted by atomic mass is 16.5. The van der Waals surface area contributed by atoms with Crippen LogP contribution in [0.15, 0.2) is 24.3 Å². The highest BCUT2D eigenvalue weighted by molar-refractivity contribution is 5.24. The number of hydrogen-bond acceptors (Lipinski definition) is 3. The summed E-state index contributed by atoms with van der Waals surface area (Å²) in [5, 5.41) is 0. The lowest BCUT2D eigenvalue weighted by molar-refractivity contribution is 0.0342. The molecule has 0 unspecified atom stereocenters. The Labute approximate surface area is 97.2 Å². The van der Waals surface area contributed by atoms with E-state index in [0.717, 1.165) is 32.8 Å². The second-order valence-electron chi connectivity index (χ2n) is 4.42. The number of ether oxygens (including phenoxy) is 1. The molecule has 1 aromatic rings. The predicted molar refractivity (Wildman–Crippen MR) is 65.1 cm³/mol. The average Bonchev–Trinajstić information content (AvgIpc) is 2.31. The zero-order chi connectivity index (χ0) is 11.4. The van der Waals surface area contributed by atoms with Gasteiger partial charge in [-0.25, -0.2) is 0 Å². The van der Waals surface area contributed by atoms with E-state index >= 15 is 0 Å². The maximum absolute atomic E-state index is 5.82. The maximum Gasteiger partial charge on any atom is 0.0594 e. The van der Waals surface area contributed by atoms with Crippen molar-refractivity contribution in [1.29, 1.82) is 0 Å². The average molecular weight is 220 g/mol. The van der Waals surface area contributed by atoms with Gasteiger partial charge in [-0.15, -0.1) is 0 Å². The van der Waals surface area contributed by atoms with E-state index in [1.165, 1.54) is 11.1 Å². The summed E-state index contributed by atoms with van der Waals surface area (Å²) in [7, 11) is 0. The minimum Gasteiger partial charge on any atom is -0.379 e. The van der Waals surface area contributed by atoms with Gasteiger partial charge >= 0.3 is 0 Å². The van der Waals surface area contributed by atoms with Crippen LogP contribution in [0.4, 0.5) is 0 Å². The lowest BCUT2D eigenvalue weighted by atomic mass is 10.1. The standard InChI is InChI=1S/C13H20N2O/c1-11(14)13-4-2-12(3-5-13)10-15-6-8-16-9-7-15/h2-5,11H,6-10,14H2,1H3/t11-/m0/s1. The molecule has 1 saturated heterocycles. The first-order valence-corrected chi connectivity index (χ1v) is 5.90. The van der Waals surface area contributed by atoms with Crippen molar-refractivity contribution in [2.24, 2.45) is 5.73 Å². The number of benzene rings is 1. The monoisotopic (exact) mass is 220 g/mol. The van der Waals surface area contributed by atoms with Crippen LogP contribution in [0.25, 0.3) is 0 Å². The number of hydrogen-bond donors (Lipinski definition) is 1. The van der Waals surface area contributed by atoms with Crippen molar-refractivity contribution in [1.82, 2.24) is 4.90 Å². The first-order chi connectivity index (χ1) is 7.75. The lowest BCUT2D eigenvalue weighted by Crippen LogP contribution is -2.35. The molecule has 0 spiro atoms. The van der Waals surface area contributed by atoms with Gasteiger partial charge in [0.15, 0.2) is 0 Å².